The van der Waals surface area contributed by atoms with E-state index in [-0.39, 0.29) is 18.3 Å². The van der Waals surface area contributed by atoms with Crippen LogP contribution in [0.5, 0.6) is 11.5 Å². The normalized spacial score (nSPS) is 15.8. The molecule has 124 valence electrons. The van der Waals surface area contributed by atoms with Gasteiger partial charge in [-0.05, 0) is 46.5 Å². The van der Waals surface area contributed by atoms with Crippen molar-refractivity contribution in [1.82, 2.24) is 5.32 Å². The van der Waals surface area contributed by atoms with Crippen LogP contribution in [-0.2, 0) is 11.3 Å². The molecule has 1 fully saturated rings. The molecule has 0 spiro atoms. The molecule has 1 saturated carbocycles. The number of carbonyl (C=O) groups excluding carboxylic acids is 1. The van der Waals surface area contributed by atoms with Crippen LogP contribution >= 0.6 is 28.3 Å². The zero-order chi connectivity index (χ0) is 15.5. The summed E-state index contributed by atoms with van der Waals surface area (Å²) in [5.74, 6) is 1.18. The highest BCUT2D eigenvalue weighted by molar-refractivity contribution is 9.10. The summed E-state index contributed by atoms with van der Waals surface area (Å²) in [5, 5.41) is 2.92. The second-order valence-corrected chi connectivity index (χ2v) is 6.21. The molecule has 7 heteroatoms. The van der Waals surface area contributed by atoms with Crippen molar-refractivity contribution < 1.29 is 14.3 Å². The van der Waals surface area contributed by atoms with E-state index in [1.165, 1.54) is 0 Å². The Morgan fingerprint density at radius 3 is 2.50 bits per heavy atom. The lowest BCUT2D eigenvalue weighted by Crippen LogP contribution is -2.51. The average molecular weight is 394 g/mol. The molecule has 0 radical (unpaired) electrons. The molecule has 0 saturated heterocycles. The highest BCUT2D eigenvalue weighted by atomic mass is 79.9. The molecule has 1 aliphatic carbocycles. The van der Waals surface area contributed by atoms with E-state index in [0.29, 0.717) is 18.0 Å². The number of amides is 1. The van der Waals surface area contributed by atoms with Gasteiger partial charge >= 0.3 is 0 Å². The summed E-state index contributed by atoms with van der Waals surface area (Å²) >= 11 is 3.44. The first-order valence-electron chi connectivity index (χ1n) is 6.98. The van der Waals surface area contributed by atoms with Gasteiger partial charge in [0.25, 0.3) is 0 Å². The number of ether oxygens (including phenoxy) is 2. The van der Waals surface area contributed by atoms with Gasteiger partial charge in [-0.3, -0.25) is 4.79 Å². The van der Waals surface area contributed by atoms with Gasteiger partial charge in [-0.2, -0.15) is 0 Å². The van der Waals surface area contributed by atoms with Gasteiger partial charge in [0.2, 0.25) is 5.91 Å². The first-order chi connectivity index (χ1) is 10.00. The number of nitrogens with two attached hydrogens (primary N) is 1. The first kappa shape index (κ1) is 19.1. The Balaban J connectivity index is 0.00000242. The third-order valence-electron chi connectivity index (χ3n) is 3.89. The maximum absolute atomic E-state index is 12.2. The van der Waals surface area contributed by atoms with E-state index in [0.717, 1.165) is 35.7 Å². The quantitative estimate of drug-likeness (QED) is 0.807. The van der Waals surface area contributed by atoms with E-state index >= 15 is 0 Å². The molecular weight excluding hydrogens is 372 g/mol. The summed E-state index contributed by atoms with van der Waals surface area (Å²) in [6.07, 6.45) is 3.56. The summed E-state index contributed by atoms with van der Waals surface area (Å²) in [6.45, 7) is 0.413. The predicted octanol–water partition coefficient (Wildman–Crippen LogP) is 2.78. The Kier molecular flexibility index (Phi) is 6.97. The van der Waals surface area contributed by atoms with E-state index in [1.54, 1.807) is 14.2 Å². The molecule has 0 aromatic heterocycles. The zero-order valence-electron chi connectivity index (χ0n) is 12.8. The number of halogens is 2. The maximum atomic E-state index is 12.2. The third kappa shape index (κ3) is 4.06. The summed E-state index contributed by atoms with van der Waals surface area (Å²) in [7, 11) is 3.17. The van der Waals surface area contributed by atoms with Crippen LogP contribution < -0.4 is 20.5 Å². The van der Waals surface area contributed by atoms with Crippen LogP contribution in [0, 0.1) is 0 Å². The lowest BCUT2D eigenvalue weighted by Gasteiger charge is -2.22. The molecule has 0 unspecified atom stereocenters. The first-order valence-corrected chi connectivity index (χ1v) is 7.77. The topological polar surface area (TPSA) is 73.6 Å². The molecule has 0 bridgehead atoms. The molecule has 5 nitrogen and oxygen atoms in total. The molecular formula is C15H22BrClN2O3. The minimum absolute atomic E-state index is 0. The Hall–Kier alpha value is -0.980. The van der Waals surface area contributed by atoms with Crippen LogP contribution in [0.25, 0.3) is 0 Å². The lowest BCUT2D eigenvalue weighted by molar-refractivity contribution is -0.126. The van der Waals surface area contributed by atoms with Crippen LogP contribution in [0.15, 0.2) is 16.6 Å². The Morgan fingerprint density at radius 2 is 1.95 bits per heavy atom. The van der Waals surface area contributed by atoms with Crippen molar-refractivity contribution in [3.8, 4) is 11.5 Å². The van der Waals surface area contributed by atoms with Crippen LogP contribution in [0.2, 0.25) is 0 Å². The van der Waals surface area contributed by atoms with Crippen molar-refractivity contribution in [3.05, 3.63) is 22.2 Å². The molecule has 1 amide bonds. The van der Waals surface area contributed by atoms with Crippen LogP contribution in [0.3, 0.4) is 0 Å². The van der Waals surface area contributed by atoms with E-state index in [4.69, 9.17) is 15.2 Å². The largest absolute Gasteiger partial charge is 0.493 e. The molecule has 22 heavy (non-hydrogen) atoms. The number of carbonyl (C=O) groups is 1. The monoisotopic (exact) mass is 392 g/mol. The minimum atomic E-state index is -0.701. The Labute approximate surface area is 145 Å². The van der Waals surface area contributed by atoms with E-state index in [9.17, 15) is 4.79 Å². The van der Waals surface area contributed by atoms with Crippen LogP contribution in [0.1, 0.15) is 31.2 Å². The van der Waals surface area contributed by atoms with Crippen LogP contribution in [-0.4, -0.2) is 25.7 Å². The van der Waals surface area contributed by atoms with Crippen molar-refractivity contribution in [1.29, 1.82) is 0 Å². The van der Waals surface area contributed by atoms with E-state index in [2.05, 4.69) is 21.2 Å². The van der Waals surface area contributed by atoms with Crippen molar-refractivity contribution in [2.75, 3.05) is 14.2 Å². The smallest absolute Gasteiger partial charge is 0.240 e. The molecule has 0 atom stereocenters. The van der Waals surface area contributed by atoms with E-state index < -0.39 is 5.54 Å². The number of nitrogens with one attached hydrogen (secondary N) is 1. The predicted molar refractivity (Wildman–Crippen MR) is 91.7 cm³/mol. The van der Waals surface area contributed by atoms with Gasteiger partial charge in [-0.25, -0.2) is 0 Å². The third-order valence-corrected chi connectivity index (χ3v) is 4.48. The molecule has 2 rings (SSSR count). The van der Waals surface area contributed by atoms with Gasteiger partial charge in [0, 0.05) is 6.54 Å². The highest BCUT2D eigenvalue weighted by Gasteiger charge is 2.36. The second kappa shape index (κ2) is 8.04. The summed E-state index contributed by atoms with van der Waals surface area (Å²) in [4.78, 5) is 12.2. The van der Waals surface area contributed by atoms with Crippen molar-refractivity contribution in [3.63, 3.8) is 0 Å². The fraction of sp³-hybridized carbons (Fsp3) is 0.533. The Bertz CT molecular complexity index is 534. The minimum Gasteiger partial charge on any atom is -0.493 e. The SMILES string of the molecule is COc1cc(CNC(=O)C2(N)CCCC2)cc(Br)c1OC.Cl. The van der Waals surface area contributed by atoms with Gasteiger partial charge in [0.05, 0.1) is 24.2 Å². The standard InChI is InChI=1S/C15H21BrN2O3.ClH/c1-20-12-8-10(7-11(16)13(12)21-2)9-18-14(19)15(17)5-3-4-6-15;/h7-8H,3-6,9,17H2,1-2H3,(H,18,19);1H. The number of hydrogen-bond donors (Lipinski definition) is 2. The molecule has 1 aromatic carbocycles. The van der Waals surface area contributed by atoms with E-state index in [1.807, 2.05) is 12.1 Å². The van der Waals surface area contributed by atoms with Gasteiger partial charge in [0.15, 0.2) is 11.5 Å². The lowest BCUT2D eigenvalue weighted by atomic mass is 9.98. The van der Waals surface area contributed by atoms with Gasteiger partial charge in [0.1, 0.15) is 0 Å². The molecule has 1 aliphatic rings. The molecule has 1 aromatic rings. The van der Waals surface area contributed by atoms with Crippen molar-refractivity contribution >= 4 is 34.2 Å². The second-order valence-electron chi connectivity index (χ2n) is 5.36. The average Bonchev–Trinajstić information content (AvgIpc) is 2.92. The zero-order valence-corrected chi connectivity index (χ0v) is 15.2. The number of rotatable bonds is 5. The Morgan fingerprint density at radius 1 is 1.32 bits per heavy atom. The molecule has 0 aliphatic heterocycles. The maximum Gasteiger partial charge on any atom is 0.240 e. The summed E-state index contributed by atoms with van der Waals surface area (Å²) < 4.78 is 11.3. The van der Waals surface area contributed by atoms with Gasteiger partial charge in [-0.1, -0.05) is 12.8 Å². The summed E-state index contributed by atoms with van der Waals surface area (Å²) in [5.41, 5.74) is 6.36. The number of benzene rings is 1. The fourth-order valence-electron chi connectivity index (χ4n) is 2.66. The molecule has 0 heterocycles. The van der Waals surface area contributed by atoms with Gasteiger partial charge < -0.3 is 20.5 Å². The number of hydrogen-bond acceptors (Lipinski definition) is 4. The fourth-order valence-corrected chi connectivity index (χ4v) is 3.32. The number of methoxy groups -OCH3 is 2. The van der Waals surface area contributed by atoms with Gasteiger partial charge in [-0.15, -0.1) is 12.4 Å². The van der Waals surface area contributed by atoms with Crippen LogP contribution in [0.4, 0.5) is 0 Å². The van der Waals surface area contributed by atoms with Crippen molar-refractivity contribution in [2.45, 2.75) is 37.8 Å². The highest BCUT2D eigenvalue weighted by Crippen LogP contribution is 2.36. The van der Waals surface area contributed by atoms with Crippen molar-refractivity contribution in [2.24, 2.45) is 5.73 Å². The summed E-state index contributed by atoms with van der Waals surface area (Å²) in [6, 6.07) is 3.75. The molecule has 3 N–H and O–H groups in total.